The van der Waals surface area contributed by atoms with Gasteiger partial charge < -0.3 is 4.90 Å². The summed E-state index contributed by atoms with van der Waals surface area (Å²) in [5.74, 6) is 0. The third kappa shape index (κ3) is 25.3. The Morgan fingerprint density at radius 2 is 1.00 bits per heavy atom. The van der Waals surface area contributed by atoms with Crippen molar-refractivity contribution in [1.29, 1.82) is 0 Å². The second-order valence-corrected chi connectivity index (χ2v) is 6.06. The molecule has 0 aromatic carbocycles. The van der Waals surface area contributed by atoms with Crippen LogP contribution in [0.2, 0.25) is 0 Å². The number of alkyl halides is 1. The van der Waals surface area contributed by atoms with Gasteiger partial charge in [0.2, 0.25) is 0 Å². The van der Waals surface area contributed by atoms with E-state index in [1.54, 1.807) is 0 Å². The van der Waals surface area contributed by atoms with Crippen molar-refractivity contribution in [3.05, 3.63) is 0 Å². The summed E-state index contributed by atoms with van der Waals surface area (Å²) in [5.41, 5.74) is 0. The summed E-state index contributed by atoms with van der Waals surface area (Å²) >= 11 is 3.46. The fraction of sp³-hybridized carbons (Fsp3) is 1.00. The Morgan fingerprint density at radius 3 is 1.28 bits per heavy atom. The van der Waals surface area contributed by atoms with E-state index in [0.717, 1.165) is 6.54 Å². The van der Waals surface area contributed by atoms with Crippen molar-refractivity contribution in [2.75, 3.05) is 26.0 Å². The maximum absolute atomic E-state index is 3.46. The highest BCUT2D eigenvalue weighted by molar-refractivity contribution is 9.09. The molecule has 0 aliphatic carbocycles. The molecule has 0 amide bonds. The van der Waals surface area contributed by atoms with Gasteiger partial charge in [0.05, 0.1) is 0 Å². The highest BCUT2D eigenvalue weighted by atomic mass is 79.9. The van der Waals surface area contributed by atoms with Crippen LogP contribution in [0.15, 0.2) is 0 Å². The molecule has 0 atom stereocenters. The van der Waals surface area contributed by atoms with Gasteiger partial charge in [-0.25, -0.2) is 0 Å². The summed E-state index contributed by atoms with van der Waals surface area (Å²) in [6, 6.07) is 0. The molecule has 0 aromatic heterocycles. The zero-order valence-electron chi connectivity index (χ0n) is 13.3. The van der Waals surface area contributed by atoms with Crippen molar-refractivity contribution in [2.24, 2.45) is 0 Å². The molecule has 112 valence electrons. The first-order valence-electron chi connectivity index (χ1n) is 7.89. The molecule has 1 nitrogen and oxygen atoms in total. The number of unbranched alkanes of at least 4 members (excludes halogenated alkanes) is 9. The molecule has 0 bridgehead atoms. The van der Waals surface area contributed by atoms with Crippen molar-refractivity contribution in [1.82, 2.24) is 4.90 Å². The molecule has 0 saturated carbocycles. The third-order valence-corrected chi connectivity index (χ3v) is 3.68. The van der Waals surface area contributed by atoms with Crippen LogP contribution in [0.4, 0.5) is 0 Å². The molecule has 18 heavy (non-hydrogen) atoms. The van der Waals surface area contributed by atoms with Crippen molar-refractivity contribution in [3.8, 4) is 0 Å². The molecule has 0 heterocycles. The predicted molar refractivity (Wildman–Crippen MR) is 89.9 cm³/mol. The summed E-state index contributed by atoms with van der Waals surface area (Å²) in [4.78, 5) is 2.12. The Bertz CT molecular complexity index is 116. The fourth-order valence-corrected chi connectivity index (χ4v) is 1.98. The van der Waals surface area contributed by atoms with Crippen LogP contribution in [-0.4, -0.2) is 30.9 Å². The molecule has 2 heteroatoms. The molecule has 0 fully saturated rings. The van der Waals surface area contributed by atoms with Crippen molar-refractivity contribution in [3.63, 3.8) is 0 Å². The van der Waals surface area contributed by atoms with Crippen molar-refractivity contribution < 1.29 is 0 Å². The second kappa shape index (κ2) is 19.8. The molecule has 0 spiro atoms. The van der Waals surface area contributed by atoms with Gasteiger partial charge in [-0.1, -0.05) is 87.6 Å². The van der Waals surface area contributed by atoms with E-state index in [9.17, 15) is 0 Å². The van der Waals surface area contributed by atoms with Crippen LogP contribution in [0.25, 0.3) is 0 Å². The van der Waals surface area contributed by atoms with Gasteiger partial charge in [0.15, 0.2) is 0 Å². The highest BCUT2D eigenvalue weighted by Gasteiger charge is 1.91. The zero-order valence-corrected chi connectivity index (χ0v) is 14.9. The maximum Gasteiger partial charge on any atom is 0.00313 e. The minimum absolute atomic E-state index is 1.14. The maximum atomic E-state index is 3.46. The quantitative estimate of drug-likeness (QED) is 0.340. The van der Waals surface area contributed by atoms with Crippen molar-refractivity contribution >= 4 is 15.9 Å². The van der Waals surface area contributed by atoms with E-state index in [-0.39, 0.29) is 0 Å². The van der Waals surface area contributed by atoms with Gasteiger partial charge in [-0.2, -0.15) is 0 Å². The smallest absolute Gasteiger partial charge is 0.00313 e. The Morgan fingerprint density at radius 1 is 0.667 bits per heavy atom. The van der Waals surface area contributed by atoms with Crippen LogP contribution >= 0.6 is 15.9 Å². The average Bonchev–Trinajstić information content (AvgIpc) is 2.37. The summed E-state index contributed by atoms with van der Waals surface area (Å²) < 4.78 is 0. The monoisotopic (exact) mass is 321 g/mol. The van der Waals surface area contributed by atoms with Crippen LogP contribution < -0.4 is 0 Å². The van der Waals surface area contributed by atoms with E-state index >= 15 is 0 Å². The van der Waals surface area contributed by atoms with Gasteiger partial charge in [0.25, 0.3) is 0 Å². The lowest BCUT2D eigenvalue weighted by Gasteiger charge is -2.00. The standard InChI is InChI=1S/C12H25Br.C4H11N/c1-2-3-4-5-6-7-8-9-10-11-12-13;1-4-5(2)3/h2-12H2,1H3;4H2,1-3H3. The van der Waals surface area contributed by atoms with E-state index in [1.807, 2.05) is 0 Å². The van der Waals surface area contributed by atoms with Crippen molar-refractivity contribution in [2.45, 2.75) is 78.1 Å². The first-order chi connectivity index (χ1) is 8.68. The lowest BCUT2D eigenvalue weighted by atomic mass is 10.1. The summed E-state index contributed by atoms with van der Waals surface area (Å²) in [7, 11) is 4.11. The summed E-state index contributed by atoms with van der Waals surface area (Å²) in [6.45, 7) is 5.54. The SMILES string of the molecule is CCCCCCCCCCCCBr.CCN(C)C. The predicted octanol–water partition coefficient (Wildman–Crippen LogP) is 5.87. The van der Waals surface area contributed by atoms with E-state index in [2.05, 4.69) is 48.8 Å². The Hall–Kier alpha value is 0.440. The number of nitrogens with zero attached hydrogens (tertiary/aromatic N) is 1. The number of halogens is 1. The molecule has 0 aliphatic heterocycles. The first-order valence-corrected chi connectivity index (χ1v) is 9.01. The lowest BCUT2D eigenvalue weighted by molar-refractivity contribution is 0.434. The molecular formula is C16H36BrN. The van der Waals surface area contributed by atoms with Gasteiger partial charge in [0, 0.05) is 5.33 Å². The molecule has 0 aliphatic rings. The summed E-state index contributed by atoms with van der Waals surface area (Å²) in [5, 5.41) is 1.18. The molecule has 0 unspecified atom stereocenters. The Kier molecular flexibility index (Phi) is 22.8. The number of hydrogen-bond acceptors (Lipinski definition) is 1. The normalized spacial score (nSPS) is 10.3. The number of hydrogen-bond donors (Lipinski definition) is 0. The van der Waals surface area contributed by atoms with Gasteiger partial charge >= 0.3 is 0 Å². The van der Waals surface area contributed by atoms with Gasteiger partial charge in [-0.3, -0.25) is 0 Å². The molecule has 0 radical (unpaired) electrons. The minimum Gasteiger partial charge on any atom is -0.310 e. The summed E-state index contributed by atoms with van der Waals surface area (Å²) in [6.07, 6.45) is 14.3. The van der Waals surface area contributed by atoms with Crippen LogP contribution in [0, 0.1) is 0 Å². The molecular weight excluding hydrogens is 286 g/mol. The minimum atomic E-state index is 1.14. The van der Waals surface area contributed by atoms with Crippen LogP contribution in [0.3, 0.4) is 0 Å². The average molecular weight is 322 g/mol. The van der Waals surface area contributed by atoms with E-state index < -0.39 is 0 Å². The van der Waals surface area contributed by atoms with Gasteiger partial charge in [-0.05, 0) is 27.1 Å². The van der Waals surface area contributed by atoms with E-state index in [1.165, 1.54) is 69.5 Å². The lowest BCUT2D eigenvalue weighted by Crippen LogP contribution is -2.08. The Balaban J connectivity index is 0. The molecule has 0 saturated heterocycles. The van der Waals surface area contributed by atoms with E-state index in [0.29, 0.717) is 0 Å². The topological polar surface area (TPSA) is 3.24 Å². The van der Waals surface area contributed by atoms with Gasteiger partial charge in [-0.15, -0.1) is 0 Å². The number of rotatable bonds is 11. The Labute approximate surface area is 125 Å². The molecule has 0 N–H and O–H groups in total. The molecule has 0 aromatic rings. The van der Waals surface area contributed by atoms with Gasteiger partial charge in [0.1, 0.15) is 0 Å². The zero-order chi connectivity index (χ0) is 14.1. The largest absolute Gasteiger partial charge is 0.310 e. The van der Waals surface area contributed by atoms with Crippen LogP contribution in [0.5, 0.6) is 0 Å². The third-order valence-electron chi connectivity index (χ3n) is 3.12. The molecule has 0 rings (SSSR count). The highest BCUT2D eigenvalue weighted by Crippen LogP contribution is 2.10. The van der Waals surface area contributed by atoms with Crippen LogP contribution in [-0.2, 0) is 0 Å². The van der Waals surface area contributed by atoms with Crippen LogP contribution in [0.1, 0.15) is 78.1 Å². The van der Waals surface area contributed by atoms with E-state index in [4.69, 9.17) is 0 Å². The first kappa shape index (κ1) is 20.8. The second-order valence-electron chi connectivity index (χ2n) is 5.27. The fourth-order valence-electron chi connectivity index (χ4n) is 1.58.